The van der Waals surface area contributed by atoms with Crippen molar-refractivity contribution in [3.8, 4) is 0 Å². The molecule has 1 fully saturated rings. The van der Waals surface area contributed by atoms with Crippen molar-refractivity contribution in [1.82, 2.24) is 10.2 Å². The molecule has 1 saturated carbocycles. The quantitative estimate of drug-likeness (QED) is 0.846. The minimum atomic E-state index is 0.595. The van der Waals surface area contributed by atoms with Gasteiger partial charge in [-0.15, -0.1) is 0 Å². The maximum atomic E-state index is 3.93. The third-order valence-corrected chi connectivity index (χ3v) is 3.52. The summed E-state index contributed by atoms with van der Waals surface area (Å²) in [5, 5.41) is 10.2. The monoisotopic (exact) mass is 227 g/mol. The lowest BCUT2D eigenvalue weighted by Gasteiger charge is -2.36. The van der Waals surface area contributed by atoms with Crippen LogP contribution in [0.5, 0.6) is 0 Å². The summed E-state index contributed by atoms with van der Waals surface area (Å²) in [5.41, 5.74) is 3.93. The number of aromatic nitrogens is 2. The number of rotatable bonds is 3. The molecule has 1 aliphatic rings. The second-order valence-electron chi connectivity index (χ2n) is 4.91. The predicted molar refractivity (Wildman–Crippen MR) is 69.2 cm³/mol. The Balaban J connectivity index is 1.58. The van der Waals surface area contributed by atoms with Crippen LogP contribution in [0.2, 0.25) is 0 Å². The number of nitrogens with zero attached hydrogens (tertiary/aromatic N) is 1. The molecule has 1 aromatic heterocycles. The van der Waals surface area contributed by atoms with E-state index in [4.69, 9.17) is 0 Å². The molecule has 1 heterocycles. The van der Waals surface area contributed by atoms with E-state index in [1.165, 1.54) is 24.0 Å². The van der Waals surface area contributed by atoms with Gasteiger partial charge in [-0.2, -0.15) is 5.10 Å². The molecule has 0 bridgehead atoms. The van der Waals surface area contributed by atoms with Crippen molar-refractivity contribution >= 4 is 5.69 Å². The highest BCUT2D eigenvalue weighted by atomic mass is 15.1. The molecule has 1 aromatic carbocycles. The molecule has 1 aliphatic carbocycles. The Morgan fingerprint density at radius 3 is 2.94 bits per heavy atom. The Morgan fingerprint density at radius 2 is 2.24 bits per heavy atom. The number of hydrogen-bond donors (Lipinski definition) is 2. The summed E-state index contributed by atoms with van der Waals surface area (Å²) in [6.45, 7) is 2.16. The van der Waals surface area contributed by atoms with Crippen LogP contribution >= 0.6 is 0 Å². The minimum Gasteiger partial charge on any atom is -0.380 e. The van der Waals surface area contributed by atoms with Crippen LogP contribution in [0.3, 0.4) is 0 Å². The number of aromatic amines is 1. The van der Waals surface area contributed by atoms with Gasteiger partial charge in [-0.25, -0.2) is 0 Å². The lowest BCUT2D eigenvalue weighted by atomic mass is 9.75. The van der Waals surface area contributed by atoms with E-state index in [1.54, 1.807) is 0 Å². The highest BCUT2D eigenvalue weighted by molar-refractivity contribution is 5.40. The molecule has 3 nitrogen and oxygen atoms in total. The number of aryl methyl sites for hydroxylation is 1. The summed E-state index contributed by atoms with van der Waals surface area (Å²) in [6.07, 6.45) is 6.17. The third-order valence-electron chi connectivity index (χ3n) is 3.52. The molecular formula is C14H17N3. The van der Waals surface area contributed by atoms with E-state index in [9.17, 15) is 0 Å². The van der Waals surface area contributed by atoms with Crippen molar-refractivity contribution in [2.75, 3.05) is 5.32 Å². The molecule has 0 amide bonds. The van der Waals surface area contributed by atoms with Crippen molar-refractivity contribution in [1.29, 1.82) is 0 Å². The molecule has 0 radical (unpaired) electrons. The summed E-state index contributed by atoms with van der Waals surface area (Å²) in [5.74, 6) is 0.722. The SMILES string of the molecule is Cc1cccc(C2CC(Nc3cn[nH]c3)C2)c1. The Bertz CT molecular complexity index is 484. The predicted octanol–water partition coefficient (Wildman–Crippen LogP) is 3.08. The van der Waals surface area contributed by atoms with Crippen LogP contribution in [0.4, 0.5) is 5.69 Å². The number of nitrogens with one attached hydrogen (secondary N) is 2. The minimum absolute atomic E-state index is 0.595. The Morgan fingerprint density at radius 1 is 1.35 bits per heavy atom. The maximum Gasteiger partial charge on any atom is 0.0725 e. The first-order valence-electron chi connectivity index (χ1n) is 6.13. The summed E-state index contributed by atoms with van der Waals surface area (Å²) < 4.78 is 0. The van der Waals surface area contributed by atoms with Gasteiger partial charge < -0.3 is 5.32 Å². The van der Waals surface area contributed by atoms with E-state index in [0.29, 0.717) is 6.04 Å². The van der Waals surface area contributed by atoms with Gasteiger partial charge in [0.15, 0.2) is 0 Å². The second kappa shape index (κ2) is 4.24. The van der Waals surface area contributed by atoms with Gasteiger partial charge in [0.05, 0.1) is 11.9 Å². The molecule has 0 atom stereocenters. The maximum absolute atomic E-state index is 3.93. The van der Waals surface area contributed by atoms with Crippen molar-refractivity contribution in [2.45, 2.75) is 31.7 Å². The third kappa shape index (κ3) is 2.18. The van der Waals surface area contributed by atoms with Crippen LogP contribution in [0.25, 0.3) is 0 Å². The molecule has 0 aliphatic heterocycles. The summed E-state index contributed by atoms with van der Waals surface area (Å²) in [4.78, 5) is 0. The molecule has 2 N–H and O–H groups in total. The molecule has 2 aromatic rings. The van der Waals surface area contributed by atoms with Crippen LogP contribution in [-0.2, 0) is 0 Å². The van der Waals surface area contributed by atoms with Crippen LogP contribution in [0, 0.1) is 6.92 Å². The smallest absolute Gasteiger partial charge is 0.0725 e. The van der Waals surface area contributed by atoms with Gasteiger partial charge in [0, 0.05) is 12.2 Å². The van der Waals surface area contributed by atoms with Gasteiger partial charge in [-0.3, -0.25) is 5.10 Å². The standard InChI is InChI=1S/C14H17N3/c1-10-3-2-4-11(5-10)12-6-13(7-12)17-14-8-15-16-9-14/h2-5,8-9,12-13,17H,6-7H2,1H3,(H,15,16). The molecule has 0 unspecified atom stereocenters. The van der Waals surface area contributed by atoms with Crippen molar-refractivity contribution in [3.05, 3.63) is 47.8 Å². The molecule has 3 rings (SSSR count). The van der Waals surface area contributed by atoms with E-state index >= 15 is 0 Å². The van der Waals surface area contributed by atoms with Gasteiger partial charge >= 0.3 is 0 Å². The average molecular weight is 227 g/mol. The van der Waals surface area contributed by atoms with Gasteiger partial charge in [0.1, 0.15) is 0 Å². The molecule has 3 heteroatoms. The van der Waals surface area contributed by atoms with Crippen LogP contribution in [0.1, 0.15) is 29.9 Å². The van der Waals surface area contributed by atoms with Crippen LogP contribution in [-0.4, -0.2) is 16.2 Å². The Labute approximate surface area is 101 Å². The summed E-state index contributed by atoms with van der Waals surface area (Å²) in [7, 11) is 0. The van der Waals surface area contributed by atoms with Crippen LogP contribution in [0.15, 0.2) is 36.7 Å². The number of benzene rings is 1. The van der Waals surface area contributed by atoms with E-state index in [-0.39, 0.29) is 0 Å². The van der Waals surface area contributed by atoms with Crippen molar-refractivity contribution in [3.63, 3.8) is 0 Å². The highest BCUT2D eigenvalue weighted by Gasteiger charge is 2.30. The largest absolute Gasteiger partial charge is 0.380 e. The summed E-state index contributed by atoms with van der Waals surface area (Å²) in [6, 6.07) is 9.45. The fraction of sp³-hybridized carbons (Fsp3) is 0.357. The first kappa shape index (κ1) is 10.4. The molecule has 0 saturated heterocycles. The molecule has 0 spiro atoms. The van der Waals surface area contributed by atoms with E-state index in [2.05, 4.69) is 46.7 Å². The molecular weight excluding hydrogens is 210 g/mol. The number of H-pyrrole nitrogens is 1. The first-order valence-corrected chi connectivity index (χ1v) is 6.13. The zero-order valence-corrected chi connectivity index (χ0v) is 9.98. The zero-order chi connectivity index (χ0) is 11.7. The van der Waals surface area contributed by atoms with Gasteiger partial charge in [-0.05, 0) is 31.2 Å². The fourth-order valence-electron chi connectivity index (χ4n) is 2.50. The number of anilines is 1. The van der Waals surface area contributed by atoms with Gasteiger partial charge in [-0.1, -0.05) is 29.8 Å². The van der Waals surface area contributed by atoms with Crippen molar-refractivity contribution < 1.29 is 0 Å². The second-order valence-corrected chi connectivity index (χ2v) is 4.91. The molecule has 88 valence electrons. The fourth-order valence-corrected chi connectivity index (χ4v) is 2.50. The molecule has 17 heavy (non-hydrogen) atoms. The zero-order valence-electron chi connectivity index (χ0n) is 9.98. The van der Waals surface area contributed by atoms with Crippen LogP contribution < -0.4 is 5.32 Å². The topological polar surface area (TPSA) is 40.7 Å². The summed E-state index contributed by atoms with van der Waals surface area (Å²) >= 11 is 0. The normalized spacial score (nSPS) is 23.1. The lowest BCUT2D eigenvalue weighted by Crippen LogP contribution is -2.33. The first-order chi connectivity index (χ1) is 8.31. The average Bonchev–Trinajstić information content (AvgIpc) is 2.75. The number of hydrogen-bond acceptors (Lipinski definition) is 2. The van der Waals surface area contributed by atoms with E-state index in [0.717, 1.165) is 11.6 Å². The van der Waals surface area contributed by atoms with E-state index < -0.39 is 0 Å². The van der Waals surface area contributed by atoms with E-state index in [1.807, 2.05) is 12.4 Å². The highest BCUT2D eigenvalue weighted by Crippen LogP contribution is 2.38. The van der Waals surface area contributed by atoms with Gasteiger partial charge in [0.25, 0.3) is 0 Å². The Hall–Kier alpha value is -1.77. The Kier molecular flexibility index (Phi) is 2.59. The van der Waals surface area contributed by atoms with Gasteiger partial charge in [0.2, 0.25) is 0 Å². The van der Waals surface area contributed by atoms with Crippen molar-refractivity contribution in [2.24, 2.45) is 0 Å². The lowest BCUT2D eigenvalue weighted by molar-refractivity contribution is 0.374.